The molecule has 0 saturated heterocycles. The van der Waals surface area contributed by atoms with Gasteiger partial charge < -0.3 is 10.5 Å². The molecule has 0 saturated carbocycles. The second-order valence-electron chi connectivity index (χ2n) is 5.14. The summed E-state index contributed by atoms with van der Waals surface area (Å²) in [4.78, 5) is 10.7. The van der Waals surface area contributed by atoms with Gasteiger partial charge in [-0.1, -0.05) is 47.0 Å². The summed E-state index contributed by atoms with van der Waals surface area (Å²) < 4.78 is 5.13. The van der Waals surface area contributed by atoms with Gasteiger partial charge in [-0.25, -0.2) is 4.79 Å². The summed E-state index contributed by atoms with van der Waals surface area (Å²) in [7, 11) is 0. The Morgan fingerprint density at radius 1 is 1.27 bits per heavy atom. The van der Waals surface area contributed by atoms with Gasteiger partial charge in [-0.15, -0.1) is 0 Å². The van der Waals surface area contributed by atoms with Gasteiger partial charge in [-0.3, -0.25) is 0 Å². The number of rotatable bonds is 6. The molecule has 0 aromatic carbocycles. The predicted octanol–water partition coefficient (Wildman–Crippen LogP) is 3.47. The average Bonchev–Trinajstić information content (AvgIpc) is 2.08. The molecule has 3 heteroatoms. The van der Waals surface area contributed by atoms with E-state index in [0.29, 0.717) is 0 Å². The van der Waals surface area contributed by atoms with E-state index in [9.17, 15) is 4.79 Å². The Balaban J connectivity index is 3.97. The van der Waals surface area contributed by atoms with Gasteiger partial charge >= 0.3 is 6.09 Å². The molecule has 0 aliphatic heterocycles. The number of carbonyl (C=O) groups excluding carboxylic acids is 1. The number of amides is 1. The monoisotopic (exact) mass is 215 g/mol. The number of unbranched alkanes of at least 4 members (excludes halogenated alkanes) is 3. The summed E-state index contributed by atoms with van der Waals surface area (Å²) in [6.45, 7) is 8.39. The van der Waals surface area contributed by atoms with Crippen molar-refractivity contribution in [3.63, 3.8) is 0 Å². The number of ether oxygens (including phenoxy) is 1. The van der Waals surface area contributed by atoms with Crippen molar-refractivity contribution in [3.8, 4) is 0 Å². The van der Waals surface area contributed by atoms with Crippen LogP contribution in [-0.2, 0) is 4.74 Å². The van der Waals surface area contributed by atoms with Crippen molar-refractivity contribution in [1.82, 2.24) is 0 Å². The zero-order valence-corrected chi connectivity index (χ0v) is 10.5. The third kappa shape index (κ3) is 7.23. The molecule has 0 aromatic rings. The van der Waals surface area contributed by atoms with Gasteiger partial charge in [0, 0.05) is 0 Å². The zero-order valence-electron chi connectivity index (χ0n) is 10.5. The molecule has 0 aromatic heterocycles. The summed E-state index contributed by atoms with van der Waals surface area (Å²) in [5.74, 6) is 0. The molecule has 90 valence electrons. The Morgan fingerprint density at radius 3 is 2.27 bits per heavy atom. The van der Waals surface area contributed by atoms with Crippen LogP contribution >= 0.6 is 0 Å². The van der Waals surface area contributed by atoms with E-state index in [4.69, 9.17) is 10.5 Å². The molecule has 1 unspecified atom stereocenters. The molecular weight excluding hydrogens is 190 g/mol. The normalized spacial score (nSPS) is 13.6. The lowest BCUT2D eigenvalue weighted by atomic mass is 9.86. The fourth-order valence-corrected chi connectivity index (χ4v) is 1.57. The van der Waals surface area contributed by atoms with Gasteiger partial charge in [0.15, 0.2) is 0 Å². The van der Waals surface area contributed by atoms with E-state index in [1.54, 1.807) is 0 Å². The van der Waals surface area contributed by atoms with E-state index in [0.717, 1.165) is 12.8 Å². The molecule has 1 amide bonds. The first kappa shape index (κ1) is 14.3. The molecule has 3 nitrogen and oxygen atoms in total. The van der Waals surface area contributed by atoms with Crippen molar-refractivity contribution in [1.29, 1.82) is 0 Å². The molecule has 0 aliphatic rings. The van der Waals surface area contributed by atoms with Crippen LogP contribution < -0.4 is 5.73 Å². The maximum Gasteiger partial charge on any atom is 0.404 e. The predicted molar refractivity (Wildman–Crippen MR) is 62.7 cm³/mol. The van der Waals surface area contributed by atoms with Crippen LogP contribution in [0.4, 0.5) is 4.79 Å². The first-order valence-corrected chi connectivity index (χ1v) is 5.84. The zero-order chi connectivity index (χ0) is 11.9. The number of primary amides is 1. The molecule has 0 fully saturated rings. The smallest absolute Gasteiger partial charge is 0.404 e. The second-order valence-corrected chi connectivity index (χ2v) is 5.14. The first-order chi connectivity index (χ1) is 6.88. The molecule has 2 N–H and O–H groups in total. The summed E-state index contributed by atoms with van der Waals surface area (Å²) in [6.07, 6.45) is 4.95. The minimum Gasteiger partial charge on any atom is -0.446 e. The van der Waals surface area contributed by atoms with Crippen LogP contribution in [0.1, 0.15) is 59.8 Å². The number of hydrogen-bond donors (Lipinski definition) is 1. The third-order valence-electron chi connectivity index (χ3n) is 2.54. The quantitative estimate of drug-likeness (QED) is 0.690. The first-order valence-electron chi connectivity index (χ1n) is 5.84. The van der Waals surface area contributed by atoms with Crippen molar-refractivity contribution in [3.05, 3.63) is 0 Å². The molecule has 1 atom stereocenters. The lowest BCUT2D eigenvalue weighted by molar-refractivity contribution is 0.0297. The number of carbonyl (C=O) groups is 1. The molecule has 15 heavy (non-hydrogen) atoms. The Labute approximate surface area is 93.4 Å². The van der Waals surface area contributed by atoms with E-state index < -0.39 is 6.09 Å². The minimum atomic E-state index is -0.662. The van der Waals surface area contributed by atoms with Crippen LogP contribution in [0.3, 0.4) is 0 Å². The summed E-state index contributed by atoms with van der Waals surface area (Å²) in [5, 5.41) is 0. The second kappa shape index (κ2) is 6.70. The van der Waals surface area contributed by atoms with E-state index in [1.807, 2.05) is 0 Å². The molecular formula is C12H25NO2. The van der Waals surface area contributed by atoms with E-state index in [2.05, 4.69) is 27.7 Å². The lowest BCUT2D eigenvalue weighted by Gasteiger charge is -2.29. The Bertz CT molecular complexity index is 185. The van der Waals surface area contributed by atoms with Gasteiger partial charge in [0.05, 0.1) is 0 Å². The van der Waals surface area contributed by atoms with Crippen LogP contribution in [0.5, 0.6) is 0 Å². The Hall–Kier alpha value is -0.730. The molecule has 0 radical (unpaired) electrons. The van der Waals surface area contributed by atoms with Crippen molar-refractivity contribution >= 4 is 6.09 Å². The highest BCUT2D eigenvalue weighted by Gasteiger charge is 2.26. The number of nitrogens with two attached hydrogens (primary N) is 1. The van der Waals surface area contributed by atoms with Crippen LogP contribution in [0.25, 0.3) is 0 Å². The van der Waals surface area contributed by atoms with Gasteiger partial charge in [0.25, 0.3) is 0 Å². The van der Waals surface area contributed by atoms with Gasteiger partial charge in [-0.05, 0) is 18.3 Å². The Morgan fingerprint density at radius 2 is 1.87 bits per heavy atom. The van der Waals surface area contributed by atoms with Crippen LogP contribution in [0.2, 0.25) is 0 Å². The maximum atomic E-state index is 10.7. The van der Waals surface area contributed by atoms with Crippen molar-refractivity contribution < 1.29 is 9.53 Å². The van der Waals surface area contributed by atoms with E-state index in [-0.39, 0.29) is 11.5 Å². The highest BCUT2D eigenvalue weighted by Crippen LogP contribution is 2.26. The standard InChI is InChI=1S/C12H25NO2/c1-5-6-7-8-9-10(12(2,3)4)15-11(13)14/h10H,5-9H2,1-4H3,(H2,13,14). The largest absolute Gasteiger partial charge is 0.446 e. The molecule has 0 rings (SSSR count). The summed E-state index contributed by atoms with van der Waals surface area (Å²) in [5.41, 5.74) is 5.03. The third-order valence-corrected chi connectivity index (χ3v) is 2.54. The SMILES string of the molecule is CCCCCCC(OC(N)=O)C(C)(C)C. The average molecular weight is 215 g/mol. The van der Waals surface area contributed by atoms with Crippen molar-refractivity contribution in [2.75, 3.05) is 0 Å². The van der Waals surface area contributed by atoms with Gasteiger partial charge in [-0.2, -0.15) is 0 Å². The van der Waals surface area contributed by atoms with E-state index in [1.165, 1.54) is 19.3 Å². The van der Waals surface area contributed by atoms with Crippen molar-refractivity contribution in [2.45, 2.75) is 65.9 Å². The van der Waals surface area contributed by atoms with Crippen molar-refractivity contribution in [2.24, 2.45) is 11.1 Å². The topological polar surface area (TPSA) is 52.3 Å². The molecule has 0 aliphatic carbocycles. The minimum absolute atomic E-state index is 0.0265. The summed E-state index contributed by atoms with van der Waals surface area (Å²) >= 11 is 0. The molecule has 0 heterocycles. The van der Waals surface area contributed by atoms with Crippen LogP contribution in [0, 0.1) is 5.41 Å². The fraction of sp³-hybridized carbons (Fsp3) is 0.917. The molecule has 0 spiro atoms. The fourth-order valence-electron chi connectivity index (χ4n) is 1.57. The van der Waals surface area contributed by atoms with Gasteiger partial charge in [0.2, 0.25) is 0 Å². The summed E-state index contributed by atoms with van der Waals surface area (Å²) in [6, 6.07) is 0. The highest BCUT2D eigenvalue weighted by molar-refractivity contribution is 5.64. The lowest BCUT2D eigenvalue weighted by Crippen LogP contribution is -2.33. The maximum absolute atomic E-state index is 10.7. The van der Waals surface area contributed by atoms with Gasteiger partial charge in [0.1, 0.15) is 6.10 Å². The van der Waals surface area contributed by atoms with Crippen LogP contribution in [-0.4, -0.2) is 12.2 Å². The molecule has 0 bridgehead atoms. The Kier molecular flexibility index (Phi) is 6.37. The van der Waals surface area contributed by atoms with E-state index >= 15 is 0 Å². The van der Waals surface area contributed by atoms with Crippen LogP contribution in [0.15, 0.2) is 0 Å². The number of hydrogen-bond acceptors (Lipinski definition) is 2. The highest BCUT2D eigenvalue weighted by atomic mass is 16.6.